The van der Waals surface area contributed by atoms with E-state index in [1.165, 1.54) is 5.56 Å². The van der Waals surface area contributed by atoms with Gasteiger partial charge in [0, 0.05) is 41.6 Å². The van der Waals surface area contributed by atoms with E-state index in [-0.39, 0.29) is 41.8 Å². The van der Waals surface area contributed by atoms with Crippen molar-refractivity contribution in [2.75, 3.05) is 11.9 Å². The highest BCUT2D eigenvalue weighted by Gasteiger charge is 2.48. The standard InChI is InChI=1S/C30H31N5O2/c31-18-19-11-13-20(14-12-19)29(36)34-25-9-4-2-7-22(25)30(37)35-17-15-23-27(26-10-5-16-32-26)33-24-8-3-1-6-21(24)28(23)35/h1,3,5-6,8,10-14,16,22-23,25,27-28,32-33H,2,4,7,9,15,17H2,(H,34,36)/t22-,23-,25+,27+,28-/m0/s1. The number of para-hydroxylation sites is 1. The summed E-state index contributed by atoms with van der Waals surface area (Å²) >= 11 is 0. The second-order valence-corrected chi connectivity index (χ2v) is 10.4. The molecule has 2 amide bonds. The van der Waals surface area contributed by atoms with Crippen LogP contribution in [0.2, 0.25) is 0 Å². The summed E-state index contributed by atoms with van der Waals surface area (Å²) in [5, 5.41) is 15.9. The molecule has 5 atom stereocenters. The third kappa shape index (κ3) is 4.27. The fraction of sp³-hybridized carbons (Fsp3) is 0.367. The number of carbonyl (C=O) groups is 2. The van der Waals surface area contributed by atoms with Crippen LogP contribution >= 0.6 is 0 Å². The zero-order valence-corrected chi connectivity index (χ0v) is 20.7. The van der Waals surface area contributed by atoms with Crippen molar-refractivity contribution in [1.82, 2.24) is 15.2 Å². The molecular formula is C30H31N5O2. The van der Waals surface area contributed by atoms with Crippen LogP contribution in [0.3, 0.4) is 0 Å². The average molecular weight is 494 g/mol. The van der Waals surface area contributed by atoms with E-state index in [1.807, 2.05) is 18.3 Å². The fourth-order valence-electron chi connectivity index (χ4n) is 6.58. The molecule has 3 aromatic rings. The van der Waals surface area contributed by atoms with Gasteiger partial charge in [-0.15, -0.1) is 0 Å². The van der Waals surface area contributed by atoms with Crippen LogP contribution in [-0.2, 0) is 4.79 Å². The second kappa shape index (κ2) is 9.78. The van der Waals surface area contributed by atoms with Gasteiger partial charge in [0.15, 0.2) is 0 Å². The topological polar surface area (TPSA) is 101 Å². The van der Waals surface area contributed by atoms with E-state index >= 15 is 0 Å². The zero-order chi connectivity index (χ0) is 25.4. The molecule has 3 aliphatic rings. The molecule has 37 heavy (non-hydrogen) atoms. The maximum Gasteiger partial charge on any atom is 0.251 e. The molecular weight excluding hydrogens is 462 g/mol. The van der Waals surface area contributed by atoms with E-state index in [4.69, 9.17) is 5.26 Å². The predicted octanol–water partition coefficient (Wildman–Crippen LogP) is 4.93. The first-order valence-corrected chi connectivity index (χ1v) is 13.2. The van der Waals surface area contributed by atoms with Crippen LogP contribution in [0.1, 0.15) is 71.4 Å². The highest BCUT2D eigenvalue weighted by atomic mass is 16.2. The van der Waals surface area contributed by atoms with E-state index in [0.717, 1.165) is 43.5 Å². The fourth-order valence-corrected chi connectivity index (χ4v) is 6.58. The van der Waals surface area contributed by atoms with Crippen molar-refractivity contribution in [3.05, 3.63) is 89.2 Å². The Morgan fingerprint density at radius 1 is 0.973 bits per heavy atom. The number of H-pyrrole nitrogens is 1. The second-order valence-electron chi connectivity index (χ2n) is 10.4. The summed E-state index contributed by atoms with van der Waals surface area (Å²) in [5.74, 6) is 0.000347. The largest absolute Gasteiger partial charge is 0.376 e. The Hall–Kier alpha value is -4.05. The summed E-state index contributed by atoms with van der Waals surface area (Å²) in [4.78, 5) is 32.7. The Balaban J connectivity index is 1.25. The van der Waals surface area contributed by atoms with Gasteiger partial charge in [-0.1, -0.05) is 31.0 Å². The normalized spacial score (nSPS) is 26.4. The van der Waals surface area contributed by atoms with Gasteiger partial charge in [0.25, 0.3) is 5.91 Å². The first kappa shape index (κ1) is 23.4. The molecule has 0 spiro atoms. The molecule has 0 unspecified atom stereocenters. The number of aromatic nitrogens is 1. The van der Waals surface area contributed by atoms with Gasteiger partial charge < -0.3 is 20.5 Å². The number of likely N-dealkylation sites (tertiary alicyclic amines) is 1. The summed E-state index contributed by atoms with van der Waals surface area (Å²) in [5.41, 5.74) is 4.43. The molecule has 1 saturated heterocycles. The lowest BCUT2D eigenvalue weighted by molar-refractivity contribution is -0.138. The van der Waals surface area contributed by atoms with Crippen molar-refractivity contribution < 1.29 is 9.59 Å². The molecule has 6 rings (SSSR count). The van der Waals surface area contributed by atoms with Gasteiger partial charge in [0.1, 0.15) is 0 Å². The molecule has 7 nitrogen and oxygen atoms in total. The predicted molar refractivity (Wildman–Crippen MR) is 141 cm³/mol. The Kier molecular flexibility index (Phi) is 6.17. The van der Waals surface area contributed by atoms with Crippen LogP contribution in [0.15, 0.2) is 66.9 Å². The minimum atomic E-state index is -0.235. The molecule has 2 aromatic carbocycles. The van der Waals surface area contributed by atoms with Gasteiger partial charge in [0.05, 0.1) is 29.6 Å². The van der Waals surface area contributed by atoms with Gasteiger partial charge in [-0.3, -0.25) is 9.59 Å². The molecule has 0 radical (unpaired) electrons. The highest BCUT2D eigenvalue weighted by Crippen LogP contribution is 2.51. The number of amides is 2. The van der Waals surface area contributed by atoms with Crippen LogP contribution in [0, 0.1) is 23.2 Å². The Morgan fingerprint density at radius 3 is 2.57 bits per heavy atom. The maximum absolute atomic E-state index is 14.2. The Labute approximate surface area is 216 Å². The molecule has 1 saturated carbocycles. The van der Waals surface area contributed by atoms with Crippen LogP contribution < -0.4 is 10.6 Å². The monoisotopic (exact) mass is 493 g/mol. The van der Waals surface area contributed by atoms with Crippen molar-refractivity contribution in [3.8, 4) is 6.07 Å². The number of rotatable bonds is 4. The van der Waals surface area contributed by atoms with Gasteiger partial charge in [-0.05, 0) is 67.3 Å². The molecule has 188 valence electrons. The number of nitrogens with one attached hydrogen (secondary N) is 3. The number of fused-ring (bicyclic) bond motifs is 3. The average Bonchev–Trinajstić information content (AvgIpc) is 3.64. The molecule has 7 heteroatoms. The molecule has 3 N–H and O–H groups in total. The summed E-state index contributed by atoms with van der Waals surface area (Å²) in [6.07, 6.45) is 6.44. The third-order valence-corrected chi connectivity index (χ3v) is 8.38. The summed E-state index contributed by atoms with van der Waals surface area (Å²) in [7, 11) is 0. The van der Waals surface area contributed by atoms with E-state index in [0.29, 0.717) is 17.7 Å². The van der Waals surface area contributed by atoms with Crippen molar-refractivity contribution >= 4 is 17.5 Å². The van der Waals surface area contributed by atoms with Gasteiger partial charge in [0.2, 0.25) is 5.91 Å². The number of aromatic amines is 1. The third-order valence-electron chi connectivity index (χ3n) is 8.38. The molecule has 1 aliphatic carbocycles. The SMILES string of the molecule is N#Cc1ccc(C(=O)N[C@@H]2CCCC[C@@H]2C(=O)N2CC[C@H]3[C@H](c4ccc[nH]4)Nc4ccccc4[C@@H]32)cc1. The van der Waals surface area contributed by atoms with Crippen molar-refractivity contribution in [2.24, 2.45) is 11.8 Å². The van der Waals surface area contributed by atoms with E-state index < -0.39 is 0 Å². The Bertz CT molecular complexity index is 1330. The number of benzene rings is 2. The Morgan fingerprint density at radius 2 is 1.78 bits per heavy atom. The van der Waals surface area contributed by atoms with Crippen molar-refractivity contribution in [1.29, 1.82) is 5.26 Å². The zero-order valence-electron chi connectivity index (χ0n) is 20.7. The molecule has 0 bridgehead atoms. The number of carbonyl (C=O) groups excluding carboxylic acids is 2. The van der Waals surface area contributed by atoms with Gasteiger partial charge in [-0.2, -0.15) is 5.26 Å². The minimum Gasteiger partial charge on any atom is -0.376 e. The lowest BCUT2D eigenvalue weighted by atomic mass is 9.80. The maximum atomic E-state index is 14.2. The molecule has 1 aromatic heterocycles. The van der Waals surface area contributed by atoms with Gasteiger partial charge >= 0.3 is 0 Å². The summed E-state index contributed by atoms with van der Waals surface area (Å²) in [6, 6.07) is 21.1. The first-order chi connectivity index (χ1) is 18.1. The minimum absolute atomic E-state index is 0.00931. The smallest absolute Gasteiger partial charge is 0.251 e. The summed E-state index contributed by atoms with van der Waals surface area (Å²) < 4.78 is 0. The number of anilines is 1. The molecule has 2 aliphatic heterocycles. The quantitative estimate of drug-likeness (QED) is 0.480. The first-order valence-electron chi connectivity index (χ1n) is 13.2. The number of nitrogens with zero attached hydrogens (tertiary/aromatic N) is 2. The van der Waals surface area contributed by atoms with E-state index in [9.17, 15) is 9.59 Å². The van der Waals surface area contributed by atoms with E-state index in [2.05, 4.69) is 50.9 Å². The van der Waals surface area contributed by atoms with Crippen LogP contribution in [0.4, 0.5) is 5.69 Å². The highest BCUT2D eigenvalue weighted by molar-refractivity contribution is 5.95. The van der Waals surface area contributed by atoms with Crippen LogP contribution in [0.25, 0.3) is 0 Å². The number of nitriles is 1. The van der Waals surface area contributed by atoms with Crippen LogP contribution in [-0.4, -0.2) is 34.3 Å². The molecule has 3 heterocycles. The number of hydrogen-bond donors (Lipinski definition) is 3. The van der Waals surface area contributed by atoms with Crippen molar-refractivity contribution in [3.63, 3.8) is 0 Å². The lowest BCUT2D eigenvalue weighted by Gasteiger charge is -2.41. The van der Waals surface area contributed by atoms with Crippen LogP contribution in [0.5, 0.6) is 0 Å². The van der Waals surface area contributed by atoms with Gasteiger partial charge in [-0.25, -0.2) is 0 Å². The molecule has 2 fully saturated rings. The summed E-state index contributed by atoms with van der Waals surface area (Å²) in [6.45, 7) is 0.716. The van der Waals surface area contributed by atoms with Crippen molar-refractivity contribution in [2.45, 2.75) is 50.2 Å². The number of hydrogen-bond acceptors (Lipinski definition) is 4. The van der Waals surface area contributed by atoms with E-state index in [1.54, 1.807) is 24.3 Å². The lowest BCUT2D eigenvalue weighted by Crippen LogP contribution is -2.50.